The molecule has 1 heterocycles. The van der Waals surface area contributed by atoms with Crippen LogP contribution in [0.25, 0.3) is 0 Å². The lowest BCUT2D eigenvalue weighted by molar-refractivity contribution is 0.0948. The summed E-state index contributed by atoms with van der Waals surface area (Å²) in [5, 5.41) is 2.79. The largest absolute Gasteiger partial charge is 0.356 e. The summed E-state index contributed by atoms with van der Waals surface area (Å²) in [6.45, 7) is 2.54. The van der Waals surface area contributed by atoms with E-state index >= 15 is 0 Å². The highest BCUT2D eigenvalue weighted by molar-refractivity contribution is 14.1. The molecule has 0 aromatic carbocycles. The van der Waals surface area contributed by atoms with Crippen molar-refractivity contribution in [1.82, 2.24) is 10.3 Å². The number of halogens is 1. The number of aromatic nitrogens is 1. The van der Waals surface area contributed by atoms with Gasteiger partial charge in [0.2, 0.25) is 0 Å². The summed E-state index contributed by atoms with van der Waals surface area (Å²) >= 11 is 2.15. The van der Waals surface area contributed by atoms with E-state index in [1.165, 1.54) is 0 Å². The topological polar surface area (TPSA) is 70.9 Å². The number of nitrogens with one attached hydrogen (secondary N) is 2. The van der Waals surface area contributed by atoms with E-state index in [1.807, 2.05) is 13.0 Å². The van der Waals surface area contributed by atoms with Crippen LogP contribution in [0.5, 0.6) is 0 Å². The molecule has 1 aromatic rings. The Hall–Kier alpha value is -0.560. The van der Waals surface area contributed by atoms with Gasteiger partial charge in [-0.3, -0.25) is 4.79 Å². The molecule has 0 bridgehead atoms. The zero-order valence-electron chi connectivity index (χ0n) is 8.01. The molecule has 0 aliphatic rings. The minimum absolute atomic E-state index is 0.0754. The van der Waals surface area contributed by atoms with Crippen molar-refractivity contribution in [3.8, 4) is 0 Å². The first-order valence-corrected chi connectivity index (χ1v) is 5.55. The average Bonchev–Trinajstić information content (AvgIpc) is 2.51. The van der Waals surface area contributed by atoms with Crippen LogP contribution in [0, 0.1) is 3.57 Å². The van der Waals surface area contributed by atoms with Crippen LogP contribution in [-0.2, 0) is 0 Å². The zero-order valence-corrected chi connectivity index (χ0v) is 10.2. The molecule has 1 atom stereocenters. The van der Waals surface area contributed by atoms with Gasteiger partial charge < -0.3 is 16.0 Å². The second-order valence-corrected chi connectivity index (χ2v) is 4.50. The highest BCUT2D eigenvalue weighted by atomic mass is 127. The van der Waals surface area contributed by atoms with Crippen LogP contribution in [0.2, 0.25) is 0 Å². The highest BCUT2D eigenvalue weighted by Crippen LogP contribution is 2.05. The molecule has 0 radical (unpaired) electrons. The van der Waals surface area contributed by atoms with Crippen molar-refractivity contribution in [1.29, 1.82) is 0 Å². The van der Waals surface area contributed by atoms with E-state index in [0.717, 1.165) is 9.99 Å². The SMILES string of the molecule is CC(N)CCNC(=O)c1cc(I)c[nH]1. The lowest BCUT2D eigenvalue weighted by Crippen LogP contribution is -2.29. The Balaban J connectivity index is 2.36. The second kappa shape index (κ2) is 5.35. The minimum Gasteiger partial charge on any atom is -0.356 e. The van der Waals surface area contributed by atoms with Crippen LogP contribution in [0.4, 0.5) is 0 Å². The number of H-pyrrole nitrogens is 1. The van der Waals surface area contributed by atoms with E-state index in [-0.39, 0.29) is 11.9 Å². The van der Waals surface area contributed by atoms with Crippen molar-refractivity contribution in [3.05, 3.63) is 21.5 Å². The maximum Gasteiger partial charge on any atom is 0.267 e. The standard InChI is InChI=1S/C9H14IN3O/c1-6(11)2-3-12-9(14)8-4-7(10)5-13-8/h4-6,13H,2-3,11H2,1H3,(H,12,14). The van der Waals surface area contributed by atoms with E-state index in [4.69, 9.17) is 5.73 Å². The van der Waals surface area contributed by atoms with E-state index < -0.39 is 0 Å². The van der Waals surface area contributed by atoms with E-state index in [0.29, 0.717) is 12.2 Å². The molecule has 1 aromatic heterocycles. The highest BCUT2D eigenvalue weighted by Gasteiger charge is 2.06. The maximum absolute atomic E-state index is 11.5. The maximum atomic E-state index is 11.5. The van der Waals surface area contributed by atoms with Crippen LogP contribution in [0.15, 0.2) is 12.3 Å². The van der Waals surface area contributed by atoms with Gasteiger partial charge in [0, 0.05) is 22.4 Å². The van der Waals surface area contributed by atoms with Crippen molar-refractivity contribution in [2.75, 3.05) is 6.54 Å². The molecule has 1 amide bonds. The second-order valence-electron chi connectivity index (χ2n) is 3.25. The summed E-state index contributed by atoms with van der Waals surface area (Å²) < 4.78 is 1.03. The summed E-state index contributed by atoms with van der Waals surface area (Å²) in [4.78, 5) is 14.3. The normalized spacial score (nSPS) is 12.5. The van der Waals surface area contributed by atoms with Gasteiger partial charge in [-0.2, -0.15) is 0 Å². The Kier molecular flexibility index (Phi) is 4.40. The van der Waals surface area contributed by atoms with Gasteiger partial charge in [0.15, 0.2) is 0 Å². The fraction of sp³-hybridized carbons (Fsp3) is 0.444. The minimum atomic E-state index is -0.0754. The molecule has 14 heavy (non-hydrogen) atoms. The molecule has 5 heteroatoms. The molecule has 0 aliphatic heterocycles. The molecule has 78 valence electrons. The summed E-state index contributed by atoms with van der Waals surface area (Å²) in [5.74, 6) is -0.0754. The number of carbonyl (C=O) groups is 1. The molecule has 1 unspecified atom stereocenters. The molecular formula is C9H14IN3O. The van der Waals surface area contributed by atoms with Gasteiger partial charge in [-0.15, -0.1) is 0 Å². The molecule has 0 saturated carbocycles. The summed E-state index contributed by atoms with van der Waals surface area (Å²) in [6, 6.07) is 1.93. The van der Waals surface area contributed by atoms with Crippen LogP contribution in [0.1, 0.15) is 23.8 Å². The number of rotatable bonds is 4. The average molecular weight is 307 g/mol. The lowest BCUT2D eigenvalue weighted by atomic mass is 10.2. The van der Waals surface area contributed by atoms with Crippen molar-refractivity contribution in [2.45, 2.75) is 19.4 Å². The van der Waals surface area contributed by atoms with Crippen LogP contribution in [0.3, 0.4) is 0 Å². The number of hydrogen-bond donors (Lipinski definition) is 3. The third-order valence-corrected chi connectivity index (χ3v) is 2.40. The number of carbonyl (C=O) groups excluding carboxylic acids is 1. The lowest BCUT2D eigenvalue weighted by Gasteiger charge is -2.05. The van der Waals surface area contributed by atoms with Gasteiger partial charge in [-0.25, -0.2) is 0 Å². The summed E-state index contributed by atoms with van der Waals surface area (Å²) in [5.41, 5.74) is 6.16. The van der Waals surface area contributed by atoms with Gasteiger partial charge in [0.1, 0.15) is 5.69 Å². The van der Waals surface area contributed by atoms with Gasteiger partial charge in [-0.1, -0.05) is 0 Å². The van der Waals surface area contributed by atoms with Crippen LogP contribution < -0.4 is 11.1 Å². The predicted octanol–water partition coefficient (Wildman–Crippen LogP) is 1.09. The van der Waals surface area contributed by atoms with Gasteiger partial charge >= 0.3 is 0 Å². The summed E-state index contributed by atoms with van der Waals surface area (Å²) in [6.07, 6.45) is 2.59. The van der Waals surface area contributed by atoms with Crippen molar-refractivity contribution >= 4 is 28.5 Å². The number of hydrogen-bond acceptors (Lipinski definition) is 2. The molecule has 0 spiro atoms. The smallest absolute Gasteiger partial charge is 0.267 e. The Bertz CT molecular complexity index is 309. The fourth-order valence-corrected chi connectivity index (χ4v) is 1.47. The third-order valence-electron chi connectivity index (χ3n) is 1.78. The quantitative estimate of drug-likeness (QED) is 0.729. The molecule has 0 fully saturated rings. The Morgan fingerprint density at radius 2 is 2.50 bits per heavy atom. The predicted molar refractivity (Wildman–Crippen MR) is 64.1 cm³/mol. The van der Waals surface area contributed by atoms with Gasteiger partial charge in [0.25, 0.3) is 5.91 Å². The molecule has 4 N–H and O–H groups in total. The van der Waals surface area contributed by atoms with E-state index in [1.54, 1.807) is 6.20 Å². The van der Waals surface area contributed by atoms with Crippen molar-refractivity contribution < 1.29 is 4.79 Å². The van der Waals surface area contributed by atoms with Crippen molar-refractivity contribution in [2.24, 2.45) is 5.73 Å². The molecule has 1 rings (SSSR count). The Morgan fingerprint density at radius 3 is 3.00 bits per heavy atom. The number of aromatic amines is 1. The Morgan fingerprint density at radius 1 is 1.79 bits per heavy atom. The first-order valence-electron chi connectivity index (χ1n) is 4.47. The third kappa shape index (κ3) is 3.67. The summed E-state index contributed by atoms with van der Waals surface area (Å²) in [7, 11) is 0. The van der Waals surface area contributed by atoms with Gasteiger partial charge in [-0.05, 0) is 42.0 Å². The number of nitrogens with two attached hydrogens (primary N) is 1. The van der Waals surface area contributed by atoms with E-state index in [2.05, 4.69) is 32.9 Å². The van der Waals surface area contributed by atoms with E-state index in [9.17, 15) is 4.79 Å². The van der Waals surface area contributed by atoms with Gasteiger partial charge in [0.05, 0.1) is 0 Å². The zero-order chi connectivity index (χ0) is 10.6. The van der Waals surface area contributed by atoms with Crippen LogP contribution in [-0.4, -0.2) is 23.5 Å². The molecule has 4 nitrogen and oxygen atoms in total. The van der Waals surface area contributed by atoms with Crippen LogP contribution >= 0.6 is 22.6 Å². The first-order chi connectivity index (χ1) is 6.59. The fourth-order valence-electron chi connectivity index (χ4n) is 1.01. The molecule has 0 saturated heterocycles. The number of amides is 1. The first kappa shape index (κ1) is 11.5. The Labute approximate surface area is 96.8 Å². The molecular weight excluding hydrogens is 293 g/mol. The monoisotopic (exact) mass is 307 g/mol. The van der Waals surface area contributed by atoms with Crippen molar-refractivity contribution in [3.63, 3.8) is 0 Å². The molecule has 0 aliphatic carbocycles.